The Balaban J connectivity index is 1.96. The number of hydrogen-bond acceptors (Lipinski definition) is 2. The predicted octanol–water partition coefficient (Wildman–Crippen LogP) is 2.96. The van der Waals surface area contributed by atoms with Crippen LogP contribution in [0.1, 0.15) is 18.5 Å². The van der Waals surface area contributed by atoms with Crippen LogP contribution in [0.25, 0.3) is 0 Å². The molecule has 1 heterocycles. The molecule has 0 fully saturated rings. The highest BCUT2D eigenvalue weighted by molar-refractivity contribution is 6.33. The molecular formula is C13H15ClN4O. The van der Waals surface area contributed by atoms with Crippen molar-refractivity contribution in [2.45, 2.75) is 13.0 Å². The summed E-state index contributed by atoms with van der Waals surface area (Å²) >= 11 is 5.97. The van der Waals surface area contributed by atoms with Crippen molar-refractivity contribution in [1.82, 2.24) is 15.1 Å². The number of anilines is 1. The zero-order valence-electron chi connectivity index (χ0n) is 10.7. The average molecular weight is 279 g/mol. The topological polar surface area (TPSA) is 59.0 Å². The van der Waals surface area contributed by atoms with E-state index < -0.39 is 0 Å². The zero-order chi connectivity index (χ0) is 13.8. The van der Waals surface area contributed by atoms with Gasteiger partial charge in [0.25, 0.3) is 0 Å². The highest BCUT2D eigenvalue weighted by Gasteiger charge is 2.11. The van der Waals surface area contributed by atoms with Gasteiger partial charge in [-0.3, -0.25) is 4.68 Å². The number of para-hydroxylation sites is 1. The van der Waals surface area contributed by atoms with Gasteiger partial charge in [-0.1, -0.05) is 23.7 Å². The lowest BCUT2D eigenvalue weighted by Gasteiger charge is -2.13. The molecule has 0 aliphatic heterocycles. The number of amides is 2. The van der Waals surface area contributed by atoms with Crippen molar-refractivity contribution >= 4 is 23.3 Å². The molecule has 0 saturated carbocycles. The fraction of sp³-hybridized carbons (Fsp3) is 0.231. The number of carbonyl (C=O) groups excluding carboxylic acids is 1. The Morgan fingerprint density at radius 2 is 2.16 bits per heavy atom. The van der Waals surface area contributed by atoms with Crippen LogP contribution >= 0.6 is 11.6 Å². The van der Waals surface area contributed by atoms with Gasteiger partial charge in [-0.15, -0.1) is 0 Å². The van der Waals surface area contributed by atoms with Gasteiger partial charge in [0.15, 0.2) is 0 Å². The minimum atomic E-state index is -0.301. The third-order valence-electron chi connectivity index (χ3n) is 2.69. The Morgan fingerprint density at radius 3 is 2.79 bits per heavy atom. The molecule has 1 atom stereocenters. The summed E-state index contributed by atoms with van der Waals surface area (Å²) in [5, 5.41) is 10.1. The molecule has 1 unspecified atom stereocenters. The summed E-state index contributed by atoms with van der Waals surface area (Å²) in [6.45, 7) is 1.89. The number of urea groups is 1. The molecule has 2 aromatic rings. The molecule has 2 N–H and O–H groups in total. The molecule has 0 aliphatic carbocycles. The van der Waals surface area contributed by atoms with Crippen molar-refractivity contribution in [3.8, 4) is 0 Å². The molecule has 0 radical (unpaired) electrons. The summed E-state index contributed by atoms with van der Waals surface area (Å²) in [4.78, 5) is 11.8. The fourth-order valence-corrected chi connectivity index (χ4v) is 1.85. The van der Waals surface area contributed by atoms with Crippen molar-refractivity contribution in [3.63, 3.8) is 0 Å². The van der Waals surface area contributed by atoms with E-state index in [1.807, 2.05) is 32.3 Å². The van der Waals surface area contributed by atoms with E-state index in [0.29, 0.717) is 10.7 Å². The third-order valence-corrected chi connectivity index (χ3v) is 3.02. The Kier molecular flexibility index (Phi) is 4.06. The standard InChI is InChI=1S/C13H15ClN4O/c1-9(10-7-15-18(2)8-10)16-13(19)17-12-6-4-3-5-11(12)14/h3-9H,1-2H3,(H2,16,17,19). The molecule has 1 aromatic heterocycles. The van der Waals surface area contributed by atoms with Crippen molar-refractivity contribution in [3.05, 3.63) is 47.2 Å². The van der Waals surface area contributed by atoms with Gasteiger partial charge in [0.2, 0.25) is 0 Å². The molecule has 100 valence electrons. The van der Waals surface area contributed by atoms with Gasteiger partial charge in [-0.25, -0.2) is 4.79 Å². The molecule has 1 aromatic carbocycles. The van der Waals surface area contributed by atoms with Crippen molar-refractivity contribution in [2.75, 3.05) is 5.32 Å². The lowest BCUT2D eigenvalue weighted by atomic mass is 10.2. The maximum absolute atomic E-state index is 11.8. The van der Waals surface area contributed by atoms with Gasteiger partial charge < -0.3 is 10.6 Å². The van der Waals surface area contributed by atoms with E-state index in [1.54, 1.807) is 23.0 Å². The van der Waals surface area contributed by atoms with E-state index in [1.165, 1.54) is 0 Å². The van der Waals surface area contributed by atoms with Gasteiger partial charge >= 0.3 is 6.03 Å². The smallest absolute Gasteiger partial charge is 0.319 e. The van der Waals surface area contributed by atoms with E-state index in [4.69, 9.17) is 11.6 Å². The van der Waals surface area contributed by atoms with Crippen LogP contribution in [-0.2, 0) is 7.05 Å². The summed E-state index contributed by atoms with van der Waals surface area (Å²) in [5.41, 5.74) is 1.52. The quantitative estimate of drug-likeness (QED) is 0.907. The van der Waals surface area contributed by atoms with Gasteiger partial charge in [-0.05, 0) is 19.1 Å². The summed E-state index contributed by atoms with van der Waals surface area (Å²) in [7, 11) is 1.83. The van der Waals surface area contributed by atoms with Gasteiger partial charge in [0, 0.05) is 18.8 Å². The van der Waals surface area contributed by atoms with Gasteiger partial charge in [0.1, 0.15) is 0 Å². The number of benzene rings is 1. The number of carbonyl (C=O) groups is 1. The van der Waals surface area contributed by atoms with Crippen LogP contribution in [0.5, 0.6) is 0 Å². The van der Waals surface area contributed by atoms with Crippen LogP contribution in [0.2, 0.25) is 5.02 Å². The second kappa shape index (κ2) is 5.75. The highest BCUT2D eigenvalue weighted by atomic mass is 35.5. The normalized spacial score (nSPS) is 11.9. The van der Waals surface area contributed by atoms with Crippen LogP contribution in [0.3, 0.4) is 0 Å². The maximum Gasteiger partial charge on any atom is 0.319 e. The minimum absolute atomic E-state index is 0.129. The van der Waals surface area contributed by atoms with Gasteiger partial charge in [0.05, 0.1) is 22.9 Å². The molecule has 0 bridgehead atoms. The number of rotatable bonds is 3. The Bertz CT molecular complexity index is 582. The Hall–Kier alpha value is -2.01. The summed E-state index contributed by atoms with van der Waals surface area (Å²) in [5.74, 6) is 0. The maximum atomic E-state index is 11.8. The van der Waals surface area contributed by atoms with E-state index >= 15 is 0 Å². The molecule has 0 spiro atoms. The number of halogens is 1. The molecule has 2 amide bonds. The lowest BCUT2D eigenvalue weighted by molar-refractivity contribution is 0.249. The molecule has 0 aliphatic rings. The second-order valence-corrected chi connectivity index (χ2v) is 4.65. The van der Waals surface area contributed by atoms with E-state index in [-0.39, 0.29) is 12.1 Å². The Labute approximate surface area is 116 Å². The summed E-state index contributed by atoms with van der Waals surface area (Å²) < 4.78 is 1.69. The molecular weight excluding hydrogens is 264 g/mol. The Morgan fingerprint density at radius 1 is 1.42 bits per heavy atom. The van der Waals surface area contributed by atoms with Crippen molar-refractivity contribution in [2.24, 2.45) is 7.05 Å². The molecule has 2 rings (SSSR count). The molecule has 19 heavy (non-hydrogen) atoms. The number of hydrogen-bond donors (Lipinski definition) is 2. The summed E-state index contributed by atoms with van der Waals surface area (Å²) in [6.07, 6.45) is 3.58. The first kappa shape index (κ1) is 13.4. The third kappa shape index (κ3) is 3.48. The van der Waals surface area contributed by atoms with E-state index in [9.17, 15) is 4.79 Å². The van der Waals surface area contributed by atoms with Crippen LogP contribution < -0.4 is 10.6 Å². The van der Waals surface area contributed by atoms with Crippen LogP contribution in [0.4, 0.5) is 10.5 Å². The first-order chi connectivity index (χ1) is 9.06. The first-order valence-corrected chi connectivity index (χ1v) is 6.24. The van der Waals surface area contributed by atoms with Crippen molar-refractivity contribution < 1.29 is 4.79 Å². The van der Waals surface area contributed by atoms with Crippen molar-refractivity contribution in [1.29, 1.82) is 0 Å². The number of aromatic nitrogens is 2. The average Bonchev–Trinajstić information content (AvgIpc) is 2.79. The highest BCUT2D eigenvalue weighted by Crippen LogP contribution is 2.20. The lowest BCUT2D eigenvalue weighted by Crippen LogP contribution is -2.31. The van der Waals surface area contributed by atoms with E-state index in [0.717, 1.165) is 5.56 Å². The molecule has 0 saturated heterocycles. The van der Waals surface area contributed by atoms with Crippen LogP contribution in [0, 0.1) is 0 Å². The number of nitrogens with zero attached hydrogens (tertiary/aromatic N) is 2. The molecule has 5 nitrogen and oxygen atoms in total. The largest absolute Gasteiger partial charge is 0.331 e. The second-order valence-electron chi connectivity index (χ2n) is 4.25. The van der Waals surface area contributed by atoms with Gasteiger partial charge in [-0.2, -0.15) is 5.10 Å². The van der Waals surface area contributed by atoms with E-state index in [2.05, 4.69) is 15.7 Å². The molecule has 6 heteroatoms. The number of nitrogens with one attached hydrogen (secondary N) is 2. The fourth-order valence-electron chi connectivity index (χ4n) is 1.66. The zero-order valence-corrected chi connectivity index (χ0v) is 11.5. The van der Waals surface area contributed by atoms with Crippen LogP contribution in [0.15, 0.2) is 36.7 Å². The summed E-state index contributed by atoms with van der Waals surface area (Å²) in [6, 6.07) is 6.66. The number of aryl methyl sites for hydroxylation is 1. The SMILES string of the molecule is CC(NC(=O)Nc1ccccc1Cl)c1cnn(C)c1. The minimum Gasteiger partial charge on any atom is -0.331 e. The predicted molar refractivity (Wildman–Crippen MR) is 75.2 cm³/mol. The van der Waals surface area contributed by atoms with Crippen LogP contribution in [-0.4, -0.2) is 15.8 Å². The first-order valence-electron chi connectivity index (χ1n) is 5.87. The monoisotopic (exact) mass is 278 g/mol.